The Kier molecular flexibility index (Phi) is 5.70. The number of rotatable bonds is 5. The van der Waals surface area contributed by atoms with Gasteiger partial charge in [0.2, 0.25) is 5.91 Å². The minimum absolute atomic E-state index is 0.157. The standard InChI is InChI=1S/C16H24FN3O/c1-12(18-2)15-9-5-6-10-20(15)11-16(21)19-14-8-4-3-7-13(14)17/h3-4,7-8,12,15,18H,5-6,9-11H2,1-2H3,(H,19,21). The zero-order chi connectivity index (χ0) is 15.2. The Morgan fingerprint density at radius 1 is 1.43 bits per heavy atom. The molecule has 4 nitrogen and oxygen atoms in total. The van der Waals surface area contributed by atoms with Crippen LogP contribution in [0.25, 0.3) is 0 Å². The predicted molar refractivity (Wildman–Crippen MR) is 82.8 cm³/mol. The van der Waals surface area contributed by atoms with Crippen molar-refractivity contribution in [3.05, 3.63) is 30.1 Å². The highest BCUT2D eigenvalue weighted by Gasteiger charge is 2.27. The summed E-state index contributed by atoms with van der Waals surface area (Å²) in [5.74, 6) is -0.556. The number of nitrogens with one attached hydrogen (secondary N) is 2. The Labute approximate surface area is 125 Å². The second-order valence-electron chi connectivity index (χ2n) is 5.64. The lowest BCUT2D eigenvalue weighted by Gasteiger charge is -2.38. The van der Waals surface area contributed by atoms with Gasteiger partial charge in [0.05, 0.1) is 12.2 Å². The van der Waals surface area contributed by atoms with Crippen LogP contribution in [0.3, 0.4) is 0 Å². The molecule has 0 aliphatic carbocycles. The van der Waals surface area contributed by atoms with Crippen LogP contribution in [0.1, 0.15) is 26.2 Å². The van der Waals surface area contributed by atoms with Gasteiger partial charge in [-0.1, -0.05) is 18.6 Å². The molecule has 1 aromatic carbocycles. The van der Waals surface area contributed by atoms with Gasteiger partial charge >= 0.3 is 0 Å². The van der Waals surface area contributed by atoms with Gasteiger partial charge in [0.1, 0.15) is 5.82 Å². The number of carbonyl (C=O) groups excluding carboxylic acids is 1. The molecule has 2 rings (SSSR count). The molecule has 1 fully saturated rings. The second kappa shape index (κ2) is 7.52. The van der Waals surface area contributed by atoms with Crippen molar-refractivity contribution in [2.75, 3.05) is 25.5 Å². The van der Waals surface area contributed by atoms with E-state index in [-0.39, 0.29) is 11.6 Å². The Balaban J connectivity index is 1.96. The van der Waals surface area contributed by atoms with E-state index in [1.165, 1.54) is 12.5 Å². The summed E-state index contributed by atoms with van der Waals surface area (Å²) in [6.07, 6.45) is 3.40. The average molecular weight is 293 g/mol. The number of likely N-dealkylation sites (tertiary alicyclic amines) is 1. The summed E-state index contributed by atoms with van der Waals surface area (Å²) in [5.41, 5.74) is 0.248. The van der Waals surface area contributed by atoms with Crippen LogP contribution in [-0.2, 0) is 4.79 Å². The summed E-state index contributed by atoms with van der Waals surface area (Å²) in [6.45, 7) is 3.37. The normalized spacial score (nSPS) is 21.0. The van der Waals surface area contributed by atoms with Crippen LogP contribution in [0.2, 0.25) is 0 Å². The van der Waals surface area contributed by atoms with Crippen molar-refractivity contribution >= 4 is 11.6 Å². The molecule has 21 heavy (non-hydrogen) atoms. The zero-order valence-electron chi connectivity index (χ0n) is 12.7. The lowest BCUT2D eigenvalue weighted by atomic mass is 9.96. The van der Waals surface area contributed by atoms with Gasteiger partial charge in [-0.15, -0.1) is 0 Å². The molecule has 1 saturated heterocycles. The molecule has 0 saturated carbocycles. The van der Waals surface area contributed by atoms with Gasteiger partial charge in [-0.25, -0.2) is 4.39 Å². The van der Waals surface area contributed by atoms with Crippen molar-refractivity contribution in [2.24, 2.45) is 0 Å². The van der Waals surface area contributed by atoms with Crippen molar-refractivity contribution in [3.63, 3.8) is 0 Å². The van der Waals surface area contributed by atoms with Crippen molar-refractivity contribution < 1.29 is 9.18 Å². The van der Waals surface area contributed by atoms with E-state index in [1.54, 1.807) is 18.2 Å². The maximum atomic E-state index is 13.5. The maximum absolute atomic E-state index is 13.5. The number of carbonyl (C=O) groups is 1. The van der Waals surface area contributed by atoms with Gasteiger partial charge in [0.25, 0.3) is 0 Å². The molecule has 1 aliphatic rings. The fraction of sp³-hybridized carbons (Fsp3) is 0.562. The molecule has 0 bridgehead atoms. The van der Waals surface area contributed by atoms with Crippen LogP contribution in [0.15, 0.2) is 24.3 Å². The lowest BCUT2D eigenvalue weighted by molar-refractivity contribution is -0.118. The van der Waals surface area contributed by atoms with Crippen LogP contribution >= 0.6 is 0 Å². The Hall–Kier alpha value is -1.46. The number of piperidine rings is 1. The van der Waals surface area contributed by atoms with Crippen molar-refractivity contribution in [1.82, 2.24) is 10.2 Å². The molecule has 0 radical (unpaired) electrons. The van der Waals surface area contributed by atoms with Crippen molar-refractivity contribution in [2.45, 2.75) is 38.3 Å². The van der Waals surface area contributed by atoms with Crippen LogP contribution < -0.4 is 10.6 Å². The largest absolute Gasteiger partial charge is 0.322 e. The number of anilines is 1. The molecular weight excluding hydrogens is 269 g/mol. The van der Waals surface area contributed by atoms with E-state index in [0.29, 0.717) is 18.6 Å². The first-order valence-electron chi connectivity index (χ1n) is 7.57. The number of halogens is 1. The van der Waals surface area contributed by atoms with Gasteiger partial charge < -0.3 is 10.6 Å². The molecule has 2 N–H and O–H groups in total. The molecule has 0 spiro atoms. The van der Waals surface area contributed by atoms with Crippen molar-refractivity contribution in [3.8, 4) is 0 Å². The fourth-order valence-corrected chi connectivity index (χ4v) is 2.91. The summed E-state index contributed by atoms with van der Waals surface area (Å²) in [7, 11) is 1.94. The van der Waals surface area contributed by atoms with Crippen LogP contribution in [0, 0.1) is 5.82 Å². The molecule has 5 heteroatoms. The number of para-hydroxylation sites is 1. The molecule has 2 unspecified atom stereocenters. The molecule has 1 heterocycles. The minimum atomic E-state index is -0.398. The fourth-order valence-electron chi connectivity index (χ4n) is 2.91. The highest BCUT2D eigenvalue weighted by molar-refractivity contribution is 5.92. The summed E-state index contributed by atoms with van der Waals surface area (Å²) in [5, 5.41) is 5.92. The van der Waals surface area contributed by atoms with E-state index >= 15 is 0 Å². The smallest absolute Gasteiger partial charge is 0.238 e. The first-order chi connectivity index (χ1) is 10.1. The first kappa shape index (κ1) is 15.9. The number of benzene rings is 1. The average Bonchev–Trinajstić information content (AvgIpc) is 2.49. The summed E-state index contributed by atoms with van der Waals surface area (Å²) in [4.78, 5) is 14.3. The van der Waals surface area contributed by atoms with Crippen LogP contribution in [0.5, 0.6) is 0 Å². The summed E-state index contributed by atoms with van der Waals surface area (Å²) < 4.78 is 13.5. The Morgan fingerprint density at radius 3 is 2.90 bits per heavy atom. The summed E-state index contributed by atoms with van der Waals surface area (Å²) >= 11 is 0. The number of nitrogens with zero attached hydrogens (tertiary/aromatic N) is 1. The van der Waals surface area contributed by atoms with E-state index in [0.717, 1.165) is 19.4 Å². The predicted octanol–water partition coefficient (Wildman–Crippen LogP) is 2.23. The number of likely N-dealkylation sites (N-methyl/N-ethyl adjacent to an activating group) is 1. The Bertz CT molecular complexity index is 480. The molecule has 0 aromatic heterocycles. The molecule has 1 aromatic rings. The molecule has 2 atom stereocenters. The van der Waals surface area contributed by atoms with Gasteiger partial charge in [-0.3, -0.25) is 9.69 Å². The van der Waals surface area contributed by atoms with E-state index in [9.17, 15) is 9.18 Å². The van der Waals surface area contributed by atoms with Gasteiger partial charge in [-0.2, -0.15) is 0 Å². The third-order valence-electron chi connectivity index (χ3n) is 4.19. The molecule has 116 valence electrons. The summed E-state index contributed by atoms with van der Waals surface area (Å²) in [6, 6.07) is 6.95. The highest BCUT2D eigenvalue weighted by atomic mass is 19.1. The lowest BCUT2D eigenvalue weighted by Crippen LogP contribution is -2.52. The van der Waals surface area contributed by atoms with Crippen LogP contribution in [-0.4, -0.2) is 43.0 Å². The molecular formula is C16H24FN3O. The molecule has 1 aliphatic heterocycles. The quantitative estimate of drug-likeness (QED) is 0.875. The van der Waals surface area contributed by atoms with Gasteiger partial charge in [-0.05, 0) is 45.5 Å². The van der Waals surface area contributed by atoms with E-state index in [2.05, 4.69) is 22.5 Å². The molecule has 1 amide bonds. The van der Waals surface area contributed by atoms with E-state index < -0.39 is 5.82 Å². The Morgan fingerprint density at radius 2 is 2.19 bits per heavy atom. The van der Waals surface area contributed by atoms with Gasteiger partial charge in [0, 0.05) is 12.1 Å². The number of amides is 1. The maximum Gasteiger partial charge on any atom is 0.238 e. The highest BCUT2D eigenvalue weighted by Crippen LogP contribution is 2.20. The monoisotopic (exact) mass is 293 g/mol. The van der Waals surface area contributed by atoms with Crippen LogP contribution in [0.4, 0.5) is 10.1 Å². The zero-order valence-corrected chi connectivity index (χ0v) is 12.7. The SMILES string of the molecule is CNC(C)C1CCCCN1CC(=O)Nc1ccccc1F. The topological polar surface area (TPSA) is 44.4 Å². The third kappa shape index (κ3) is 4.25. The first-order valence-corrected chi connectivity index (χ1v) is 7.57. The van der Waals surface area contributed by atoms with E-state index in [1.807, 2.05) is 7.05 Å². The number of hydrogen-bond donors (Lipinski definition) is 2. The van der Waals surface area contributed by atoms with Gasteiger partial charge in [0.15, 0.2) is 0 Å². The number of hydrogen-bond acceptors (Lipinski definition) is 3. The second-order valence-corrected chi connectivity index (χ2v) is 5.64. The van der Waals surface area contributed by atoms with E-state index in [4.69, 9.17) is 0 Å². The minimum Gasteiger partial charge on any atom is -0.322 e. The van der Waals surface area contributed by atoms with Crippen molar-refractivity contribution in [1.29, 1.82) is 0 Å². The third-order valence-corrected chi connectivity index (χ3v) is 4.19.